The minimum Gasteiger partial charge on any atom is -0.405 e. The van der Waals surface area contributed by atoms with E-state index in [1.165, 1.54) is 54.0 Å². The molecule has 34 heavy (non-hydrogen) atoms. The van der Waals surface area contributed by atoms with E-state index in [2.05, 4.69) is 14.9 Å². The predicted molar refractivity (Wildman–Crippen MR) is 111 cm³/mol. The Balaban J connectivity index is 1.66. The highest BCUT2D eigenvalue weighted by molar-refractivity contribution is 7.98. The lowest BCUT2D eigenvalue weighted by atomic mass is 10.1. The van der Waals surface area contributed by atoms with Gasteiger partial charge in [-0.15, -0.1) is 23.4 Å². The number of hydrogen-bond acceptors (Lipinski definition) is 5. The summed E-state index contributed by atoms with van der Waals surface area (Å²) in [5.41, 5.74) is -1.56. The average molecular weight is 500 g/mol. The summed E-state index contributed by atoms with van der Waals surface area (Å²) in [6, 6.07) is 9.10. The molecule has 0 aliphatic heterocycles. The summed E-state index contributed by atoms with van der Waals surface area (Å²) in [6.45, 7) is 1.26. The molecule has 0 aliphatic carbocycles. The van der Waals surface area contributed by atoms with E-state index < -0.39 is 23.7 Å². The van der Waals surface area contributed by atoms with Crippen LogP contribution < -0.4 is 10.3 Å². The van der Waals surface area contributed by atoms with Gasteiger partial charge in [0.05, 0.1) is 11.3 Å². The molecule has 0 N–H and O–H groups in total. The molecule has 178 valence electrons. The van der Waals surface area contributed by atoms with E-state index in [9.17, 15) is 31.1 Å². The zero-order chi connectivity index (χ0) is 24.7. The normalized spacial score (nSPS) is 12.3. The summed E-state index contributed by atoms with van der Waals surface area (Å²) in [6.07, 6.45) is -6.75. The fraction of sp³-hybridized carbons (Fsp3) is 0.190. The van der Waals surface area contributed by atoms with Gasteiger partial charge in [0.1, 0.15) is 5.75 Å². The summed E-state index contributed by atoms with van der Waals surface area (Å²) in [4.78, 5) is 12.9. The third kappa shape index (κ3) is 4.74. The number of thioether (sulfide) groups is 1. The van der Waals surface area contributed by atoms with Crippen LogP contribution in [0.5, 0.6) is 5.75 Å². The monoisotopic (exact) mass is 500 g/mol. The minimum atomic E-state index is -4.85. The van der Waals surface area contributed by atoms with Crippen LogP contribution in [0, 0.1) is 6.92 Å². The number of halogens is 6. The number of benzene rings is 2. The number of fused-ring (bicyclic) bond motifs is 1. The van der Waals surface area contributed by atoms with E-state index in [0.717, 1.165) is 22.4 Å². The van der Waals surface area contributed by atoms with Crippen LogP contribution in [0.25, 0.3) is 11.3 Å². The number of aromatic nitrogens is 4. The maximum atomic E-state index is 13.3. The molecule has 2 heterocycles. The van der Waals surface area contributed by atoms with Gasteiger partial charge in [0.2, 0.25) is 5.65 Å². The summed E-state index contributed by atoms with van der Waals surface area (Å²) < 4.78 is 84.0. The molecular weight excluding hydrogens is 486 g/mol. The van der Waals surface area contributed by atoms with Gasteiger partial charge in [-0.25, -0.2) is 0 Å². The van der Waals surface area contributed by atoms with Crippen molar-refractivity contribution < 1.29 is 31.1 Å². The van der Waals surface area contributed by atoms with Gasteiger partial charge in [-0.2, -0.15) is 13.2 Å². The molecule has 6 nitrogen and oxygen atoms in total. The summed E-state index contributed by atoms with van der Waals surface area (Å²) >= 11 is 1.01. The van der Waals surface area contributed by atoms with Crippen molar-refractivity contribution in [1.82, 2.24) is 19.2 Å². The molecule has 0 saturated heterocycles. The van der Waals surface area contributed by atoms with Crippen molar-refractivity contribution in [1.29, 1.82) is 0 Å². The SMILES string of the molecule is Cc1c(-n2ccn3c(SCc4ccccc4OC(F)(F)F)nnc3c2=O)cccc1C(F)(F)F. The second-order valence-corrected chi connectivity index (χ2v) is 7.98. The van der Waals surface area contributed by atoms with Crippen LogP contribution in [-0.4, -0.2) is 25.5 Å². The number of para-hydroxylation sites is 1. The molecule has 0 spiro atoms. The Bertz CT molecular complexity index is 1410. The van der Waals surface area contributed by atoms with E-state index in [4.69, 9.17) is 0 Å². The maximum Gasteiger partial charge on any atom is 0.573 e. The highest BCUT2D eigenvalue weighted by Gasteiger charge is 2.33. The first-order valence-electron chi connectivity index (χ1n) is 9.56. The minimum absolute atomic E-state index is 0.0306. The zero-order valence-electron chi connectivity index (χ0n) is 17.2. The van der Waals surface area contributed by atoms with Gasteiger partial charge >= 0.3 is 18.1 Å². The molecule has 2 aromatic heterocycles. The lowest BCUT2D eigenvalue weighted by Crippen LogP contribution is -2.22. The molecule has 0 saturated carbocycles. The molecular formula is C21H14F6N4O2S. The predicted octanol–water partition coefficient (Wildman–Crippen LogP) is 5.40. The van der Waals surface area contributed by atoms with Crippen molar-refractivity contribution >= 4 is 17.4 Å². The molecule has 2 aromatic carbocycles. The largest absolute Gasteiger partial charge is 0.573 e. The first-order valence-corrected chi connectivity index (χ1v) is 10.5. The Labute approximate surface area is 191 Å². The molecule has 0 amide bonds. The molecule has 4 aromatic rings. The van der Waals surface area contributed by atoms with Crippen LogP contribution in [0.4, 0.5) is 26.3 Å². The molecule has 0 fully saturated rings. The van der Waals surface area contributed by atoms with Gasteiger partial charge < -0.3 is 4.74 Å². The lowest BCUT2D eigenvalue weighted by molar-refractivity contribution is -0.274. The zero-order valence-corrected chi connectivity index (χ0v) is 18.0. The van der Waals surface area contributed by atoms with E-state index in [1.807, 2.05) is 0 Å². The van der Waals surface area contributed by atoms with Crippen LogP contribution in [0.2, 0.25) is 0 Å². The van der Waals surface area contributed by atoms with Gasteiger partial charge in [-0.1, -0.05) is 36.0 Å². The van der Waals surface area contributed by atoms with Crippen LogP contribution in [-0.2, 0) is 11.9 Å². The highest BCUT2D eigenvalue weighted by Crippen LogP contribution is 2.34. The van der Waals surface area contributed by atoms with Crippen LogP contribution in [0.3, 0.4) is 0 Å². The molecule has 0 unspecified atom stereocenters. The van der Waals surface area contributed by atoms with Crippen LogP contribution in [0.15, 0.2) is 64.8 Å². The standard InChI is InChI=1S/C21H14F6N4O2S/c1-12-14(20(22,23)24)6-4-7-15(12)30-9-10-31-17(18(30)32)28-29-19(31)34-11-13-5-2-3-8-16(13)33-21(25,26)27/h2-10H,11H2,1H3. The lowest BCUT2D eigenvalue weighted by Gasteiger charge is -2.15. The summed E-state index contributed by atoms with van der Waals surface area (Å²) in [5.74, 6) is -0.332. The highest BCUT2D eigenvalue weighted by atomic mass is 32.2. The third-order valence-electron chi connectivity index (χ3n) is 4.86. The van der Waals surface area contributed by atoms with Crippen molar-refractivity contribution in [3.63, 3.8) is 0 Å². The molecule has 0 radical (unpaired) electrons. The van der Waals surface area contributed by atoms with E-state index in [1.54, 1.807) is 6.07 Å². The quantitative estimate of drug-likeness (QED) is 0.271. The number of hydrogen-bond donors (Lipinski definition) is 0. The van der Waals surface area contributed by atoms with E-state index in [0.29, 0.717) is 0 Å². The molecule has 0 aliphatic rings. The van der Waals surface area contributed by atoms with Crippen molar-refractivity contribution in [3.05, 3.63) is 81.9 Å². The second kappa shape index (κ2) is 8.70. The fourth-order valence-electron chi connectivity index (χ4n) is 3.34. The van der Waals surface area contributed by atoms with E-state index in [-0.39, 0.29) is 39.1 Å². The van der Waals surface area contributed by atoms with Gasteiger partial charge in [0.15, 0.2) is 5.16 Å². The molecule has 0 bridgehead atoms. The number of alkyl halides is 6. The van der Waals surface area contributed by atoms with Crippen LogP contribution >= 0.6 is 11.8 Å². The Morgan fingerprint density at radius 2 is 1.71 bits per heavy atom. The van der Waals surface area contributed by atoms with Crippen LogP contribution in [0.1, 0.15) is 16.7 Å². The van der Waals surface area contributed by atoms with Gasteiger partial charge in [-0.3, -0.25) is 13.8 Å². The first kappa shape index (κ1) is 23.7. The Morgan fingerprint density at radius 1 is 0.971 bits per heavy atom. The molecule has 0 atom stereocenters. The molecule has 13 heteroatoms. The van der Waals surface area contributed by atoms with Crippen molar-refractivity contribution in [2.75, 3.05) is 0 Å². The van der Waals surface area contributed by atoms with E-state index >= 15 is 0 Å². The van der Waals surface area contributed by atoms with Gasteiger partial charge in [-0.05, 0) is 30.7 Å². The molecule has 4 rings (SSSR count). The fourth-order valence-corrected chi connectivity index (χ4v) is 4.24. The Kier molecular flexibility index (Phi) is 6.06. The average Bonchev–Trinajstić information content (AvgIpc) is 3.16. The van der Waals surface area contributed by atoms with Gasteiger partial charge in [0.25, 0.3) is 0 Å². The summed E-state index contributed by atoms with van der Waals surface area (Å²) in [7, 11) is 0. The second-order valence-electron chi connectivity index (χ2n) is 7.04. The van der Waals surface area contributed by atoms with Crippen molar-refractivity contribution in [2.45, 2.75) is 30.4 Å². The van der Waals surface area contributed by atoms with Gasteiger partial charge in [0, 0.05) is 23.7 Å². The third-order valence-corrected chi connectivity index (χ3v) is 5.86. The number of rotatable bonds is 5. The Hall–Kier alpha value is -3.48. The number of ether oxygens (including phenoxy) is 1. The Morgan fingerprint density at radius 3 is 2.41 bits per heavy atom. The first-order chi connectivity index (χ1) is 16.0. The maximum absolute atomic E-state index is 13.3. The smallest absolute Gasteiger partial charge is 0.405 e. The topological polar surface area (TPSA) is 61.4 Å². The summed E-state index contributed by atoms with van der Waals surface area (Å²) in [5, 5.41) is 7.94. The van der Waals surface area contributed by atoms with Crippen molar-refractivity contribution in [3.8, 4) is 11.4 Å². The number of nitrogens with zero attached hydrogens (tertiary/aromatic N) is 4. The van der Waals surface area contributed by atoms with Crippen molar-refractivity contribution in [2.24, 2.45) is 0 Å².